The van der Waals surface area contributed by atoms with Crippen LogP contribution in [0.4, 0.5) is 4.39 Å². The van der Waals surface area contributed by atoms with E-state index in [1.807, 2.05) is 0 Å². The van der Waals surface area contributed by atoms with Gasteiger partial charge in [0, 0.05) is 5.56 Å². The van der Waals surface area contributed by atoms with Crippen LogP contribution in [-0.4, -0.2) is 12.6 Å². The van der Waals surface area contributed by atoms with Crippen LogP contribution in [0.15, 0.2) is 57.7 Å². The molecule has 4 nitrogen and oxygen atoms in total. The van der Waals surface area contributed by atoms with Crippen molar-refractivity contribution in [1.29, 1.82) is 0 Å². The maximum atomic E-state index is 13.2. The zero-order valence-corrected chi connectivity index (χ0v) is 13.0. The SMILES string of the molecule is CCOC(=O)Cc1c(-c2ccc(F)cc2)oc2ccccc2c1=O. The zero-order chi connectivity index (χ0) is 17.1. The minimum absolute atomic E-state index is 0.201. The van der Waals surface area contributed by atoms with Gasteiger partial charge in [0.15, 0.2) is 5.43 Å². The van der Waals surface area contributed by atoms with Crippen molar-refractivity contribution < 1.29 is 18.3 Å². The van der Waals surface area contributed by atoms with Crippen molar-refractivity contribution >= 4 is 16.9 Å². The Morgan fingerprint density at radius 2 is 1.83 bits per heavy atom. The normalized spacial score (nSPS) is 10.8. The van der Waals surface area contributed by atoms with E-state index in [-0.39, 0.29) is 29.8 Å². The molecule has 24 heavy (non-hydrogen) atoms. The second-order valence-corrected chi connectivity index (χ2v) is 5.22. The fraction of sp³-hybridized carbons (Fsp3) is 0.158. The third kappa shape index (κ3) is 3.06. The second-order valence-electron chi connectivity index (χ2n) is 5.22. The third-order valence-corrected chi connectivity index (χ3v) is 3.62. The highest BCUT2D eigenvalue weighted by Crippen LogP contribution is 2.26. The van der Waals surface area contributed by atoms with Gasteiger partial charge in [0.1, 0.15) is 17.2 Å². The molecule has 122 valence electrons. The molecule has 0 aliphatic heterocycles. The molecular formula is C19H15FO4. The van der Waals surface area contributed by atoms with Gasteiger partial charge in [-0.25, -0.2) is 4.39 Å². The van der Waals surface area contributed by atoms with Gasteiger partial charge in [-0.05, 0) is 43.3 Å². The van der Waals surface area contributed by atoms with Crippen molar-refractivity contribution in [3.8, 4) is 11.3 Å². The summed E-state index contributed by atoms with van der Waals surface area (Å²) in [6.07, 6.45) is -0.201. The lowest BCUT2D eigenvalue weighted by Gasteiger charge is -2.10. The van der Waals surface area contributed by atoms with Gasteiger partial charge in [0.2, 0.25) is 0 Å². The third-order valence-electron chi connectivity index (χ3n) is 3.62. The monoisotopic (exact) mass is 326 g/mol. The lowest BCUT2D eigenvalue weighted by Crippen LogP contribution is -2.17. The fourth-order valence-electron chi connectivity index (χ4n) is 2.53. The van der Waals surface area contributed by atoms with Gasteiger partial charge in [-0.2, -0.15) is 0 Å². The van der Waals surface area contributed by atoms with Crippen LogP contribution >= 0.6 is 0 Å². The van der Waals surface area contributed by atoms with Gasteiger partial charge in [-0.3, -0.25) is 9.59 Å². The average molecular weight is 326 g/mol. The second kappa shape index (κ2) is 6.66. The summed E-state index contributed by atoms with van der Waals surface area (Å²) < 4.78 is 24.0. The largest absolute Gasteiger partial charge is 0.466 e. The van der Waals surface area contributed by atoms with Gasteiger partial charge >= 0.3 is 5.97 Å². The van der Waals surface area contributed by atoms with Crippen molar-refractivity contribution in [1.82, 2.24) is 0 Å². The Morgan fingerprint density at radius 3 is 2.54 bits per heavy atom. The number of carbonyl (C=O) groups excluding carboxylic acids is 1. The Morgan fingerprint density at radius 1 is 1.12 bits per heavy atom. The Labute approximate surface area is 137 Å². The van der Waals surface area contributed by atoms with E-state index < -0.39 is 11.8 Å². The van der Waals surface area contributed by atoms with Crippen molar-refractivity contribution in [3.05, 3.63) is 70.1 Å². The van der Waals surface area contributed by atoms with Crippen molar-refractivity contribution in [3.63, 3.8) is 0 Å². The zero-order valence-electron chi connectivity index (χ0n) is 13.0. The van der Waals surface area contributed by atoms with E-state index in [0.29, 0.717) is 16.5 Å². The van der Waals surface area contributed by atoms with E-state index in [2.05, 4.69) is 0 Å². The van der Waals surface area contributed by atoms with Gasteiger partial charge in [-0.1, -0.05) is 12.1 Å². The van der Waals surface area contributed by atoms with Crippen LogP contribution in [0.1, 0.15) is 12.5 Å². The van der Waals surface area contributed by atoms with Crippen LogP contribution in [0.5, 0.6) is 0 Å². The average Bonchev–Trinajstić information content (AvgIpc) is 2.58. The van der Waals surface area contributed by atoms with Crippen LogP contribution in [-0.2, 0) is 16.0 Å². The molecule has 3 aromatic rings. The van der Waals surface area contributed by atoms with E-state index in [4.69, 9.17) is 9.15 Å². The first-order valence-corrected chi connectivity index (χ1v) is 7.56. The Hall–Kier alpha value is -2.95. The van der Waals surface area contributed by atoms with E-state index >= 15 is 0 Å². The molecule has 2 aromatic carbocycles. The van der Waals surface area contributed by atoms with E-state index in [9.17, 15) is 14.0 Å². The van der Waals surface area contributed by atoms with E-state index in [1.54, 1.807) is 31.2 Å². The van der Waals surface area contributed by atoms with Crippen LogP contribution in [0.3, 0.4) is 0 Å². The highest BCUT2D eigenvalue weighted by molar-refractivity contribution is 5.83. The standard InChI is InChI=1S/C19H15FO4/c1-2-23-17(21)11-15-18(22)14-5-3-4-6-16(14)24-19(15)12-7-9-13(20)10-8-12/h3-10H,2,11H2,1H3. The van der Waals surface area contributed by atoms with E-state index in [0.717, 1.165) is 0 Å². The van der Waals surface area contributed by atoms with Crippen LogP contribution in [0.2, 0.25) is 0 Å². The molecule has 0 saturated carbocycles. The van der Waals surface area contributed by atoms with Crippen molar-refractivity contribution in [2.24, 2.45) is 0 Å². The molecule has 5 heteroatoms. The molecule has 0 unspecified atom stereocenters. The summed E-state index contributed by atoms with van der Waals surface area (Å²) >= 11 is 0. The molecule has 0 amide bonds. The topological polar surface area (TPSA) is 56.5 Å². The molecule has 0 atom stereocenters. The molecule has 1 heterocycles. The van der Waals surface area contributed by atoms with Crippen LogP contribution < -0.4 is 5.43 Å². The summed E-state index contributed by atoms with van der Waals surface area (Å²) in [7, 11) is 0. The molecule has 0 aliphatic carbocycles. The molecule has 0 saturated heterocycles. The number of halogens is 1. The maximum Gasteiger partial charge on any atom is 0.310 e. The molecular weight excluding hydrogens is 311 g/mol. The summed E-state index contributed by atoms with van der Waals surface area (Å²) in [5.41, 5.74) is 0.857. The number of esters is 1. The first-order valence-electron chi connectivity index (χ1n) is 7.56. The molecule has 0 aliphatic rings. The number of fused-ring (bicyclic) bond motifs is 1. The first kappa shape index (κ1) is 15.9. The Kier molecular flexibility index (Phi) is 4.42. The number of carbonyl (C=O) groups is 1. The van der Waals surface area contributed by atoms with Gasteiger partial charge in [0.05, 0.1) is 24.0 Å². The van der Waals surface area contributed by atoms with Crippen LogP contribution in [0, 0.1) is 5.82 Å². The molecule has 0 N–H and O–H groups in total. The minimum atomic E-state index is -0.511. The first-order chi connectivity index (χ1) is 11.6. The predicted molar refractivity (Wildman–Crippen MR) is 88.2 cm³/mol. The summed E-state index contributed by atoms with van der Waals surface area (Å²) in [6.45, 7) is 1.92. The lowest BCUT2D eigenvalue weighted by molar-refractivity contribution is -0.142. The molecule has 0 spiro atoms. The molecule has 0 fully saturated rings. The van der Waals surface area contributed by atoms with Gasteiger partial charge < -0.3 is 9.15 Å². The van der Waals surface area contributed by atoms with Gasteiger partial charge in [-0.15, -0.1) is 0 Å². The number of hydrogen-bond donors (Lipinski definition) is 0. The number of benzene rings is 2. The number of para-hydroxylation sites is 1. The number of hydrogen-bond acceptors (Lipinski definition) is 4. The maximum absolute atomic E-state index is 13.2. The number of rotatable bonds is 4. The summed E-state index contributed by atoms with van der Waals surface area (Å²) in [5.74, 6) is -0.649. The molecule has 0 bridgehead atoms. The smallest absolute Gasteiger partial charge is 0.310 e. The predicted octanol–water partition coefficient (Wildman–Crippen LogP) is 3.70. The summed E-state index contributed by atoms with van der Waals surface area (Å²) in [4.78, 5) is 24.7. The number of ether oxygens (including phenoxy) is 1. The molecule has 1 aromatic heterocycles. The van der Waals surface area contributed by atoms with E-state index in [1.165, 1.54) is 24.3 Å². The lowest BCUT2D eigenvalue weighted by atomic mass is 10.0. The molecule has 3 rings (SSSR count). The quantitative estimate of drug-likeness (QED) is 0.686. The fourth-order valence-corrected chi connectivity index (χ4v) is 2.53. The summed E-state index contributed by atoms with van der Waals surface area (Å²) in [6, 6.07) is 12.4. The Balaban J connectivity index is 2.23. The summed E-state index contributed by atoms with van der Waals surface area (Å²) in [5, 5.41) is 0.391. The highest BCUT2D eigenvalue weighted by Gasteiger charge is 2.19. The minimum Gasteiger partial charge on any atom is -0.466 e. The van der Waals surface area contributed by atoms with Crippen LogP contribution in [0.25, 0.3) is 22.3 Å². The van der Waals surface area contributed by atoms with Gasteiger partial charge in [0.25, 0.3) is 0 Å². The Bertz CT molecular complexity index is 942. The van der Waals surface area contributed by atoms with Crippen molar-refractivity contribution in [2.45, 2.75) is 13.3 Å². The van der Waals surface area contributed by atoms with Crippen molar-refractivity contribution in [2.75, 3.05) is 6.61 Å². The molecule has 0 radical (unpaired) electrons. The highest BCUT2D eigenvalue weighted by atomic mass is 19.1.